The van der Waals surface area contributed by atoms with E-state index >= 15 is 0 Å². The zero-order valence-electron chi connectivity index (χ0n) is 15.6. The first kappa shape index (κ1) is 19.2. The zero-order valence-corrected chi connectivity index (χ0v) is 15.6. The van der Waals surface area contributed by atoms with Crippen molar-refractivity contribution >= 4 is 34.0 Å². The average Bonchev–Trinajstić information content (AvgIpc) is 2.64. The quantitative estimate of drug-likeness (QED) is 0.724. The van der Waals surface area contributed by atoms with Gasteiger partial charge in [-0.05, 0) is 38.1 Å². The summed E-state index contributed by atoms with van der Waals surface area (Å²) in [7, 11) is 0. The van der Waals surface area contributed by atoms with Gasteiger partial charge in [-0.15, -0.1) is 0 Å². The van der Waals surface area contributed by atoms with Crippen LogP contribution in [0.3, 0.4) is 0 Å². The van der Waals surface area contributed by atoms with Crippen molar-refractivity contribution in [2.24, 2.45) is 0 Å². The summed E-state index contributed by atoms with van der Waals surface area (Å²) >= 11 is 0. The molecule has 0 saturated heterocycles. The molecule has 0 atom stereocenters. The van der Waals surface area contributed by atoms with Gasteiger partial charge in [0.15, 0.2) is 5.69 Å². The SMILES string of the molecule is CC(=O)Nc1ccc(F)c(NC(=O)c2nn(C(C)C)c(=O)c3ccccc23)c1. The van der Waals surface area contributed by atoms with Crippen LogP contribution < -0.4 is 16.2 Å². The van der Waals surface area contributed by atoms with Gasteiger partial charge in [-0.3, -0.25) is 14.4 Å². The predicted octanol–water partition coefficient (Wildman–Crippen LogP) is 3.33. The van der Waals surface area contributed by atoms with Gasteiger partial charge in [0.25, 0.3) is 11.5 Å². The molecule has 28 heavy (non-hydrogen) atoms. The second-order valence-electron chi connectivity index (χ2n) is 6.57. The lowest BCUT2D eigenvalue weighted by atomic mass is 10.1. The van der Waals surface area contributed by atoms with Gasteiger partial charge in [0, 0.05) is 18.0 Å². The number of hydrogen-bond donors (Lipinski definition) is 2. The topological polar surface area (TPSA) is 93.1 Å². The van der Waals surface area contributed by atoms with Crippen molar-refractivity contribution in [1.29, 1.82) is 0 Å². The number of carbonyl (C=O) groups excluding carboxylic acids is 2. The second-order valence-corrected chi connectivity index (χ2v) is 6.57. The molecule has 1 heterocycles. The molecule has 0 radical (unpaired) electrons. The van der Waals surface area contributed by atoms with E-state index in [0.717, 1.165) is 6.07 Å². The molecular weight excluding hydrogens is 363 g/mol. The number of hydrogen-bond acceptors (Lipinski definition) is 4. The lowest BCUT2D eigenvalue weighted by Crippen LogP contribution is -2.29. The number of halogens is 1. The maximum atomic E-state index is 14.2. The van der Waals surface area contributed by atoms with Gasteiger partial charge in [-0.1, -0.05) is 18.2 Å². The van der Waals surface area contributed by atoms with Crippen LogP contribution in [0, 0.1) is 5.82 Å². The maximum Gasteiger partial charge on any atom is 0.276 e. The third-order valence-electron chi connectivity index (χ3n) is 4.07. The maximum absolute atomic E-state index is 14.2. The lowest BCUT2D eigenvalue weighted by Gasteiger charge is -2.14. The highest BCUT2D eigenvalue weighted by atomic mass is 19.1. The Bertz CT molecular complexity index is 1140. The van der Waals surface area contributed by atoms with Crippen molar-refractivity contribution in [2.45, 2.75) is 26.8 Å². The molecule has 3 aromatic rings. The molecule has 0 unspecified atom stereocenters. The second kappa shape index (κ2) is 7.59. The Morgan fingerprint density at radius 1 is 1.07 bits per heavy atom. The molecule has 0 aliphatic carbocycles. The van der Waals surface area contributed by atoms with Crippen molar-refractivity contribution in [3.05, 3.63) is 64.3 Å². The van der Waals surface area contributed by atoms with E-state index in [1.54, 1.807) is 38.1 Å². The van der Waals surface area contributed by atoms with Crippen LogP contribution in [0.15, 0.2) is 47.3 Å². The van der Waals surface area contributed by atoms with E-state index in [1.165, 1.54) is 23.7 Å². The van der Waals surface area contributed by atoms with Gasteiger partial charge in [0.1, 0.15) is 5.82 Å². The monoisotopic (exact) mass is 382 g/mol. The van der Waals surface area contributed by atoms with E-state index in [2.05, 4.69) is 15.7 Å². The van der Waals surface area contributed by atoms with Crippen LogP contribution in [0.25, 0.3) is 10.8 Å². The smallest absolute Gasteiger partial charge is 0.276 e. The van der Waals surface area contributed by atoms with Gasteiger partial charge in [-0.2, -0.15) is 5.10 Å². The summed E-state index contributed by atoms with van der Waals surface area (Å²) in [5, 5.41) is 9.93. The predicted molar refractivity (Wildman–Crippen MR) is 105 cm³/mol. The molecule has 1 aromatic heterocycles. The number of fused-ring (bicyclic) bond motifs is 1. The van der Waals surface area contributed by atoms with E-state index in [9.17, 15) is 18.8 Å². The molecule has 0 spiro atoms. The molecule has 2 aromatic carbocycles. The van der Waals surface area contributed by atoms with E-state index < -0.39 is 11.7 Å². The number of carbonyl (C=O) groups is 2. The highest BCUT2D eigenvalue weighted by Gasteiger charge is 2.19. The Hall–Kier alpha value is -3.55. The number of amides is 2. The molecule has 144 valence electrons. The van der Waals surface area contributed by atoms with Crippen LogP contribution in [-0.4, -0.2) is 21.6 Å². The fourth-order valence-corrected chi connectivity index (χ4v) is 2.81. The number of rotatable bonds is 4. The van der Waals surface area contributed by atoms with Crippen molar-refractivity contribution in [3.63, 3.8) is 0 Å². The highest BCUT2D eigenvalue weighted by molar-refractivity contribution is 6.11. The summed E-state index contributed by atoms with van der Waals surface area (Å²) in [6.07, 6.45) is 0. The number of benzene rings is 2. The third-order valence-corrected chi connectivity index (χ3v) is 4.07. The first-order chi connectivity index (χ1) is 13.3. The Morgan fingerprint density at radius 3 is 2.39 bits per heavy atom. The van der Waals surface area contributed by atoms with Crippen molar-refractivity contribution < 1.29 is 14.0 Å². The molecule has 3 rings (SSSR count). The average molecular weight is 382 g/mol. The van der Waals surface area contributed by atoms with Gasteiger partial charge in [0.2, 0.25) is 5.91 Å². The molecule has 0 fully saturated rings. The molecular formula is C20H19FN4O3. The van der Waals surface area contributed by atoms with Crippen molar-refractivity contribution in [3.8, 4) is 0 Å². The largest absolute Gasteiger partial charge is 0.326 e. The molecule has 2 amide bonds. The Morgan fingerprint density at radius 2 is 1.75 bits per heavy atom. The molecule has 7 nitrogen and oxygen atoms in total. The minimum Gasteiger partial charge on any atom is -0.326 e. The normalized spacial score (nSPS) is 10.9. The summed E-state index contributed by atoms with van der Waals surface area (Å²) in [5.74, 6) is -1.64. The fourth-order valence-electron chi connectivity index (χ4n) is 2.81. The highest BCUT2D eigenvalue weighted by Crippen LogP contribution is 2.22. The van der Waals surface area contributed by atoms with Crippen molar-refractivity contribution in [1.82, 2.24) is 9.78 Å². The summed E-state index contributed by atoms with van der Waals surface area (Å²) in [4.78, 5) is 36.6. The lowest BCUT2D eigenvalue weighted by molar-refractivity contribution is -0.114. The van der Waals surface area contributed by atoms with Gasteiger partial charge >= 0.3 is 0 Å². The van der Waals surface area contributed by atoms with Crippen LogP contribution in [0.2, 0.25) is 0 Å². The van der Waals surface area contributed by atoms with Crippen LogP contribution in [0.5, 0.6) is 0 Å². The third kappa shape index (κ3) is 3.75. The summed E-state index contributed by atoms with van der Waals surface area (Å²) in [5.41, 5.74) is -0.0622. The summed E-state index contributed by atoms with van der Waals surface area (Å²) in [6, 6.07) is 10.2. The Balaban J connectivity index is 2.06. The van der Waals surface area contributed by atoms with Crippen LogP contribution >= 0.6 is 0 Å². The van der Waals surface area contributed by atoms with Crippen molar-refractivity contribution in [2.75, 3.05) is 10.6 Å². The Kier molecular flexibility index (Phi) is 5.21. The number of anilines is 2. The molecule has 0 saturated carbocycles. The van der Waals surface area contributed by atoms with Gasteiger partial charge in [-0.25, -0.2) is 9.07 Å². The molecule has 0 aliphatic rings. The molecule has 2 N–H and O–H groups in total. The van der Waals surface area contributed by atoms with Gasteiger partial charge in [0.05, 0.1) is 17.1 Å². The molecule has 0 aliphatic heterocycles. The number of nitrogens with one attached hydrogen (secondary N) is 2. The van der Waals surface area contributed by atoms with E-state index in [1.807, 2.05) is 0 Å². The standard InChI is InChI=1S/C20H19FN4O3/c1-11(2)25-20(28)15-7-5-4-6-14(15)18(24-25)19(27)23-17-10-13(22-12(3)26)8-9-16(17)21/h4-11H,1-3H3,(H,22,26)(H,23,27). The number of aromatic nitrogens is 2. The summed E-state index contributed by atoms with van der Waals surface area (Å²) in [6.45, 7) is 4.88. The Labute approximate surface area is 160 Å². The molecule has 8 heteroatoms. The first-order valence-corrected chi connectivity index (χ1v) is 8.68. The van der Waals surface area contributed by atoms with Gasteiger partial charge < -0.3 is 10.6 Å². The van der Waals surface area contributed by atoms with Crippen LogP contribution in [0.4, 0.5) is 15.8 Å². The number of nitrogens with zero attached hydrogens (tertiary/aromatic N) is 2. The first-order valence-electron chi connectivity index (χ1n) is 8.68. The minimum absolute atomic E-state index is 0.00762. The molecule has 0 bridgehead atoms. The van der Waals surface area contributed by atoms with Crippen LogP contribution in [0.1, 0.15) is 37.3 Å². The minimum atomic E-state index is -0.663. The van der Waals surface area contributed by atoms with Crippen LogP contribution in [-0.2, 0) is 4.79 Å². The summed E-state index contributed by atoms with van der Waals surface area (Å²) < 4.78 is 15.4. The van der Waals surface area contributed by atoms with E-state index in [0.29, 0.717) is 16.5 Å². The van der Waals surface area contributed by atoms with E-state index in [-0.39, 0.29) is 28.9 Å². The van der Waals surface area contributed by atoms with E-state index in [4.69, 9.17) is 0 Å². The zero-order chi connectivity index (χ0) is 20.4. The fraction of sp³-hybridized carbons (Fsp3) is 0.200.